The van der Waals surface area contributed by atoms with Crippen LogP contribution in [0.3, 0.4) is 0 Å². The number of phenols is 2. The summed E-state index contributed by atoms with van der Waals surface area (Å²) in [5, 5.41) is 19.7. The molecule has 0 saturated carbocycles. The van der Waals surface area contributed by atoms with Crippen molar-refractivity contribution in [3.63, 3.8) is 0 Å². The normalized spacial score (nSPS) is 11.1. The van der Waals surface area contributed by atoms with Crippen LogP contribution in [0.25, 0.3) is 20.8 Å². The van der Waals surface area contributed by atoms with E-state index >= 15 is 0 Å². The highest BCUT2D eigenvalue weighted by atomic mass is 32.1. The number of hydrogen-bond acceptors (Lipinski definition) is 4. The van der Waals surface area contributed by atoms with E-state index in [9.17, 15) is 14.6 Å². The lowest BCUT2D eigenvalue weighted by atomic mass is 10.2. The van der Waals surface area contributed by atoms with Crippen molar-refractivity contribution in [1.82, 2.24) is 4.98 Å². The van der Waals surface area contributed by atoms with Gasteiger partial charge in [0.2, 0.25) is 0 Å². The molecule has 0 bridgehead atoms. The van der Waals surface area contributed by atoms with Crippen LogP contribution in [0.2, 0.25) is 0 Å². The molecule has 0 atom stereocenters. The molecule has 0 aliphatic heterocycles. The smallest absolute Gasteiger partial charge is 0.129 e. The second-order valence-corrected chi connectivity index (χ2v) is 5.32. The van der Waals surface area contributed by atoms with Crippen molar-refractivity contribution in [2.24, 2.45) is 0 Å². The zero-order chi connectivity index (χ0) is 13.6. The van der Waals surface area contributed by atoms with E-state index in [1.54, 1.807) is 19.1 Å². The number of benzene rings is 2. The van der Waals surface area contributed by atoms with Gasteiger partial charge in [-0.25, -0.2) is 9.37 Å². The van der Waals surface area contributed by atoms with Crippen LogP contribution < -0.4 is 0 Å². The molecule has 5 heteroatoms. The van der Waals surface area contributed by atoms with Crippen molar-refractivity contribution in [2.45, 2.75) is 6.92 Å². The first-order valence-electron chi connectivity index (χ1n) is 5.63. The van der Waals surface area contributed by atoms with Gasteiger partial charge in [0.1, 0.15) is 22.3 Å². The van der Waals surface area contributed by atoms with E-state index in [2.05, 4.69) is 4.98 Å². The zero-order valence-electron chi connectivity index (χ0n) is 10.0. The van der Waals surface area contributed by atoms with Gasteiger partial charge in [0.05, 0.1) is 15.8 Å². The SMILES string of the molecule is Cc1cc2nc(-c3ccc(O)cc3O)sc2cc1F. The zero-order valence-corrected chi connectivity index (χ0v) is 10.8. The van der Waals surface area contributed by atoms with E-state index in [1.165, 1.54) is 29.5 Å². The number of aromatic nitrogens is 1. The molecule has 96 valence electrons. The molecule has 2 N–H and O–H groups in total. The lowest BCUT2D eigenvalue weighted by Crippen LogP contribution is -1.81. The topological polar surface area (TPSA) is 53.4 Å². The van der Waals surface area contributed by atoms with Gasteiger partial charge in [-0.15, -0.1) is 11.3 Å². The summed E-state index contributed by atoms with van der Waals surface area (Å²) < 4.78 is 14.2. The molecule has 2 aromatic carbocycles. The quantitative estimate of drug-likeness (QED) is 0.709. The number of nitrogens with zero attached hydrogens (tertiary/aromatic N) is 1. The molecular weight excluding hydrogens is 265 g/mol. The average molecular weight is 275 g/mol. The summed E-state index contributed by atoms with van der Waals surface area (Å²) in [6, 6.07) is 7.46. The predicted molar refractivity (Wildman–Crippen MR) is 73.1 cm³/mol. The summed E-state index contributed by atoms with van der Waals surface area (Å²) in [6.07, 6.45) is 0. The average Bonchev–Trinajstić information content (AvgIpc) is 2.72. The molecule has 0 unspecified atom stereocenters. The van der Waals surface area contributed by atoms with E-state index < -0.39 is 0 Å². The summed E-state index contributed by atoms with van der Waals surface area (Å²) >= 11 is 1.30. The van der Waals surface area contributed by atoms with Gasteiger partial charge in [0, 0.05) is 6.07 Å². The van der Waals surface area contributed by atoms with Crippen molar-refractivity contribution in [3.05, 3.63) is 41.7 Å². The molecule has 0 amide bonds. The highest BCUT2D eigenvalue weighted by molar-refractivity contribution is 7.21. The second-order valence-electron chi connectivity index (χ2n) is 4.29. The van der Waals surface area contributed by atoms with Crippen molar-refractivity contribution in [1.29, 1.82) is 0 Å². The number of phenolic OH excluding ortho intramolecular Hbond substituents is 2. The molecule has 0 aliphatic rings. The van der Waals surface area contributed by atoms with Gasteiger partial charge in [-0.05, 0) is 36.8 Å². The molecule has 1 heterocycles. The fourth-order valence-corrected chi connectivity index (χ4v) is 2.88. The first-order valence-corrected chi connectivity index (χ1v) is 6.45. The van der Waals surface area contributed by atoms with E-state index in [0.29, 0.717) is 21.7 Å². The Morgan fingerprint density at radius 3 is 2.68 bits per heavy atom. The second kappa shape index (κ2) is 4.20. The van der Waals surface area contributed by atoms with E-state index in [0.717, 1.165) is 4.70 Å². The molecule has 3 nitrogen and oxygen atoms in total. The molecule has 0 spiro atoms. The van der Waals surface area contributed by atoms with Gasteiger partial charge < -0.3 is 10.2 Å². The third-order valence-corrected chi connectivity index (χ3v) is 3.93. The molecular formula is C14H10FNO2S. The highest BCUT2D eigenvalue weighted by Gasteiger charge is 2.12. The largest absolute Gasteiger partial charge is 0.508 e. The Morgan fingerprint density at radius 2 is 1.95 bits per heavy atom. The first-order chi connectivity index (χ1) is 9.04. The minimum atomic E-state index is -0.266. The van der Waals surface area contributed by atoms with Crippen molar-refractivity contribution < 1.29 is 14.6 Å². The number of halogens is 1. The molecule has 0 aliphatic carbocycles. The fourth-order valence-electron chi connectivity index (χ4n) is 1.87. The van der Waals surface area contributed by atoms with Crippen LogP contribution in [0.1, 0.15) is 5.56 Å². The Bertz CT molecular complexity index is 743. The van der Waals surface area contributed by atoms with Crippen LogP contribution in [0.4, 0.5) is 4.39 Å². The van der Waals surface area contributed by atoms with Crippen LogP contribution in [0.5, 0.6) is 11.5 Å². The lowest BCUT2D eigenvalue weighted by Gasteiger charge is -2.00. The van der Waals surface area contributed by atoms with Gasteiger partial charge in [0.25, 0.3) is 0 Å². The van der Waals surface area contributed by atoms with Gasteiger partial charge in [-0.1, -0.05) is 0 Å². The minimum absolute atomic E-state index is 0.00995. The van der Waals surface area contributed by atoms with Gasteiger partial charge >= 0.3 is 0 Å². The molecule has 3 aromatic rings. The minimum Gasteiger partial charge on any atom is -0.508 e. The number of hydrogen-bond donors (Lipinski definition) is 2. The summed E-state index contributed by atoms with van der Waals surface area (Å²) in [5.74, 6) is -0.321. The van der Waals surface area contributed by atoms with Crippen LogP contribution in [0.15, 0.2) is 30.3 Å². The summed E-state index contributed by atoms with van der Waals surface area (Å²) in [5.41, 5.74) is 1.77. The molecule has 0 saturated heterocycles. The molecule has 3 rings (SSSR count). The Kier molecular flexibility index (Phi) is 2.64. The number of thiazole rings is 1. The molecule has 0 radical (unpaired) electrons. The van der Waals surface area contributed by atoms with Crippen LogP contribution >= 0.6 is 11.3 Å². The van der Waals surface area contributed by atoms with Crippen LogP contribution in [0, 0.1) is 12.7 Å². The third kappa shape index (κ3) is 2.02. The third-order valence-electron chi connectivity index (χ3n) is 2.88. The Balaban J connectivity index is 2.20. The summed E-state index contributed by atoms with van der Waals surface area (Å²) in [7, 11) is 0. The van der Waals surface area contributed by atoms with Crippen molar-refractivity contribution in [2.75, 3.05) is 0 Å². The predicted octanol–water partition coefficient (Wildman–Crippen LogP) is 3.82. The van der Waals surface area contributed by atoms with Crippen LogP contribution in [-0.2, 0) is 0 Å². The summed E-state index contributed by atoms with van der Waals surface area (Å²) in [6.45, 7) is 1.69. The van der Waals surface area contributed by atoms with Crippen molar-refractivity contribution >= 4 is 21.6 Å². The monoisotopic (exact) mass is 275 g/mol. The Hall–Kier alpha value is -2.14. The van der Waals surface area contributed by atoms with Gasteiger partial charge in [-0.2, -0.15) is 0 Å². The lowest BCUT2D eigenvalue weighted by molar-refractivity contribution is 0.452. The van der Waals surface area contributed by atoms with Gasteiger partial charge in [-0.3, -0.25) is 0 Å². The summed E-state index contributed by atoms with van der Waals surface area (Å²) in [4.78, 5) is 4.39. The van der Waals surface area contributed by atoms with E-state index in [-0.39, 0.29) is 17.3 Å². The first kappa shape index (κ1) is 11.9. The number of aromatic hydroxyl groups is 2. The number of aryl methyl sites for hydroxylation is 1. The van der Waals surface area contributed by atoms with Crippen LogP contribution in [-0.4, -0.2) is 15.2 Å². The van der Waals surface area contributed by atoms with Gasteiger partial charge in [0.15, 0.2) is 0 Å². The maximum Gasteiger partial charge on any atom is 0.129 e. The van der Waals surface area contributed by atoms with E-state index in [4.69, 9.17) is 0 Å². The molecule has 1 aromatic heterocycles. The maximum absolute atomic E-state index is 13.5. The number of rotatable bonds is 1. The number of fused-ring (bicyclic) bond motifs is 1. The van der Waals surface area contributed by atoms with Crippen molar-refractivity contribution in [3.8, 4) is 22.1 Å². The molecule has 0 fully saturated rings. The van der Waals surface area contributed by atoms with E-state index in [1.807, 2.05) is 0 Å². The maximum atomic E-state index is 13.5. The Labute approximate surface area is 112 Å². The standard InChI is InChI=1S/C14H10FNO2S/c1-7-4-11-13(6-10(7)15)19-14(16-11)9-3-2-8(17)5-12(9)18/h2-6,17-18H,1H3. The highest BCUT2D eigenvalue weighted by Crippen LogP contribution is 2.37. The molecule has 19 heavy (non-hydrogen) atoms. The fraction of sp³-hybridized carbons (Fsp3) is 0.0714. The Morgan fingerprint density at radius 1 is 1.16 bits per heavy atom.